The summed E-state index contributed by atoms with van der Waals surface area (Å²) in [6, 6.07) is 0. The van der Waals surface area contributed by atoms with Gasteiger partial charge in [0, 0.05) is 35.2 Å². The molecular weight excluding hydrogens is 488 g/mol. The molecule has 5 rings (SSSR count). The molecule has 5 aliphatic rings. The molecular formula is C30H40O8. The summed E-state index contributed by atoms with van der Waals surface area (Å²) in [5, 5.41) is 0. The molecule has 0 aromatic carbocycles. The fourth-order valence-electron chi connectivity index (χ4n) is 9.95. The van der Waals surface area contributed by atoms with Crippen molar-refractivity contribution < 1.29 is 38.1 Å². The van der Waals surface area contributed by atoms with Crippen LogP contribution in [0.5, 0.6) is 0 Å². The van der Waals surface area contributed by atoms with Crippen molar-refractivity contribution in [1.82, 2.24) is 0 Å². The lowest BCUT2D eigenvalue weighted by atomic mass is 9.33. The van der Waals surface area contributed by atoms with E-state index in [0.717, 1.165) is 5.57 Å². The van der Waals surface area contributed by atoms with E-state index in [-0.39, 0.29) is 29.7 Å². The van der Waals surface area contributed by atoms with Crippen molar-refractivity contribution in [3.05, 3.63) is 23.0 Å². The molecule has 0 radical (unpaired) electrons. The first kappa shape index (κ1) is 26.9. The Morgan fingerprint density at radius 3 is 2.37 bits per heavy atom. The maximum Gasteiger partial charge on any atom is 0.321 e. The Kier molecular flexibility index (Phi) is 5.64. The maximum absolute atomic E-state index is 14.5. The van der Waals surface area contributed by atoms with Crippen molar-refractivity contribution in [2.24, 2.45) is 38.9 Å². The fraction of sp³-hybridized carbons (Fsp3) is 0.733. The number of carbonyl (C=O) groups is 4. The lowest BCUT2D eigenvalue weighted by Gasteiger charge is -2.66. The van der Waals surface area contributed by atoms with Gasteiger partial charge in [-0.15, -0.1) is 0 Å². The van der Waals surface area contributed by atoms with Crippen LogP contribution in [0.2, 0.25) is 0 Å². The van der Waals surface area contributed by atoms with Crippen LogP contribution in [0.4, 0.5) is 0 Å². The van der Waals surface area contributed by atoms with Crippen LogP contribution in [0.3, 0.4) is 0 Å². The van der Waals surface area contributed by atoms with Gasteiger partial charge in [-0.05, 0) is 47.0 Å². The van der Waals surface area contributed by atoms with Crippen LogP contribution in [0.25, 0.3) is 0 Å². The van der Waals surface area contributed by atoms with E-state index in [1.165, 1.54) is 14.0 Å². The van der Waals surface area contributed by atoms with Crippen molar-refractivity contribution in [2.45, 2.75) is 86.9 Å². The molecule has 2 saturated carbocycles. The Labute approximate surface area is 224 Å². The van der Waals surface area contributed by atoms with Gasteiger partial charge in [0.05, 0.1) is 24.5 Å². The molecule has 8 heteroatoms. The zero-order valence-corrected chi connectivity index (χ0v) is 24.0. The Bertz CT molecular complexity index is 1210. The lowest BCUT2D eigenvalue weighted by Crippen LogP contribution is -2.71. The third kappa shape index (κ3) is 2.63. The van der Waals surface area contributed by atoms with Gasteiger partial charge in [0.25, 0.3) is 0 Å². The quantitative estimate of drug-likeness (QED) is 0.230. The van der Waals surface area contributed by atoms with Gasteiger partial charge in [0.15, 0.2) is 11.2 Å². The second kappa shape index (κ2) is 7.95. The number of carbonyl (C=O) groups excluding carboxylic acids is 4. The van der Waals surface area contributed by atoms with Gasteiger partial charge in [-0.25, -0.2) is 0 Å². The summed E-state index contributed by atoms with van der Waals surface area (Å²) in [6.45, 7) is 15.2. The van der Waals surface area contributed by atoms with Gasteiger partial charge in [0.2, 0.25) is 0 Å². The third-order valence-corrected chi connectivity index (χ3v) is 11.3. The first-order chi connectivity index (χ1) is 17.6. The molecule has 4 aliphatic carbocycles. The number of esters is 3. The number of hydrogen-bond acceptors (Lipinski definition) is 8. The van der Waals surface area contributed by atoms with Crippen molar-refractivity contribution in [2.75, 3.05) is 13.7 Å². The minimum absolute atomic E-state index is 0.251. The van der Waals surface area contributed by atoms with Crippen molar-refractivity contribution in [3.8, 4) is 0 Å². The molecule has 1 heterocycles. The Morgan fingerprint density at radius 2 is 1.79 bits per heavy atom. The molecule has 0 N–H and O–H groups in total. The van der Waals surface area contributed by atoms with Gasteiger partial charge >= 0.3 is 17.9 Å². The number of ketones is 1. The number of allylic oxidation sites excluding steroid dienone is 3. The fourth-order valence-corrected chi connectivity index (χ4v) is 9.95. The van der Waals surface area contributed by atoms with Crippen LogP contribution in [0, 0.1) is 38.9 Å². The molecule has 1 saturated heterocycles. The van der Waals surface area contributed by atoms with E-state index in [1.807, 2.05) is 41.5 Å². The molecule has 38 heavy (non-hydrogen) atoms. The van der Waals surface area contributed by atoms with Gasteiger partial charge in [-0.2, -0.15) is 0 Å². The normalized spacial score (nSPS) is 44.4. The highest BCUT2D eigenvalue weighted by atomic mass is 16.6. The van der Waals surface area contributed by atoms with Crippen LogP contribution in [-0.4, -0.2) is 49.6 Å². The number of Topliss-reactive ketones (excluding diaryl/α,β-unsaturated/α-hetero) is 1. The first-order valence-corrected chi connectivity index (χ1v) is 13.7. The van der Waals surface area contributed by atoms with Crippen LogP contribution < -0.4 is 0 Å². The van der Waals surface area contributed by atoms with E-state index in [1.54, 1.807) is 6.92 Å². The minimum Gasteiger partial charge on any atom is -0.497 e. The molecule has 0 aromatic rings. The largest absolute Gasteiger partial charge is 0.497 e. The van der Waals surface area contributed by atoms with Gasteiger partial charge in [-0.1, -0.05) is 32.4 Å². The third-order valence-electron chi connectivity index (χ3n) is 11.3. The second-order valence-electron chi connectivity index (χ2n) is 13.0. The molecule has 1 aliphatic heterocycles. The zero-order chi connectivity index (χ0) is 28.2. The highest BCUT2D eigenvalue weighted by Crippen LogP contribution is 2.79. The van der Waals surface area contributed by atoms with Crippen molar-refractivity contribution in [3.63, 3.8) is 0 Å². The van der Waals surface area contributed by atoms with Crippen LogP contribution >= 0.6 is 0 Å². The number of fused-ring (bicyclic) bond motifs is 3. The van der Waals surface area contributed by atoms with Crippen molar-refractivity contribution >= 4 is 23.7 Å². The average Bonchev–Trinajstić information content (AvgIpc) is 3.18. The zero-order valence-electron chi connectivity index (χ0n) is 24.0. The number of ether oxygens (including phenoxy) is 4. The first-order valence-electron chi connectivity index (χ1n) is 13.7. The van der Waals surface area contributed by atoms with Crippen LogP contribution in [0.1, 0.15) is 74.7 Å². The molecule has 8 nitrogen and oxygen atoms in total. The molecule has 0 aromatic heterocycles. The molecule has 0 spiro atoms. The highest BCUT2D eigenvalue weighted by Gasteiger charge is 2.85. The average molecular weight is 529 g/mol. The summed E-state index contributed by atoms with van der Waals surface area (Å²) in [5.41, 5.74) is -3.98. The summed E-state index contributed by atoms with van der Waals surface area (Å²) in [4.78, 5) is 54.5. The van der Waals surface area contributed by atoms with Gasteiger partial charge in [-0.3, -0.25) is 19.2 Å². The topological polar surface area (TPSA) is 105 Å². The highest BCUT2D eigenvalue weighted by molar-refractivity contribution is 6.17. The molecule has 8 atom stereocenters. The van der Waals surface area contributed by atoms with E-state index in [4.69, 9.17) is 18.9 Å². The summed E-state index contributed by atoms with van der Waals surface area (Å²) in [6.07, 6.45) is 2.44. The van der Waals surface area contributed by atoms with Gasteiger partial charge in [0.1, 0.15) is 18.0 Å². The predicted octanol–water partition coefficient (Wildman–Crippen LogP) is 4.31. The van der Waals surface area contributed by atoms with Gasteiger partial charge < -0.3 is 18.9 Å². The van der Waals surface area contributed by atoms with E-state index < -0.39 is 45.1 Å². The van der Waals surface area contributed by atoms with Crippen LogP contribution in [0.15, 0.2) is 23.0 Å². The predicted molar refractivity (Wildman–Crippen MR) is 136 cm³/mol. The van der Waals surface area contributed by atoms with E-state index >= 15 is 0 Å². The Morgan fingerprint density at radius 1 is 1.13 bits per heavy atom. The SMILES string of the molecule is CCOC1=C(C)C(=O)[C@]2(C(=O)OC)[C@@]1(C)C(C)=C[C@@H]1[C@]34CC[C@H](OC(C)=O)C(C)(C)C3[C@H](C[C@@]12C)OC4=O. The summed E-state index contributed by atoms with van der Waals surface area (Å²) >= 11 is 0. The van der Waals surface area contributed by atoms with E-state index in [2.05, 4.69) is 6.08 Å². The summed E-state index contributed by atoms with van der Waals surface area (Å²) in [5.74, 6) is -1.76. The Balaban J connectivity index is 1.79. The monoisotopic (exact) mass is 528 g/mol. The van der Waals surface area contributed by atoms with Crippen LogP contribution in [-0.2, 0) is 38.1 Å². The maximum atomic E-state index is 14.5. The molecule has 2 bridgehead atoms. The van der Waals surface area contributed by atoms with E-state index in [0.29, 0.717) is 37.2 Å². The molecule has 3 fully saturated rings. The molecule has 1 unspecified atom stereocenters. The van der Waals surface area contributed by atoms with E-state index in [9.17, 15) is 19.2 Å². The molecule has 0 amide bonds. The van der Waals surface area contributed by atoms with Crippen molar-refractivity contribution in [1.29, 1.82) is 0 Å². The minimum atomic E-state index is -1.62. The number of rotatable bonds is 4. The summed E-state index contributed by atoms with van der Waals surface area (Å²) < 4.78 is 23.5. The summed E-state index contributed by atoms with van der Waals surface area (Å²) in [7, 11) is 1.32. The standard InChI is InChI=1S/C30H40O8/c1-10-36-23-16(3)22(32)30(25(34)35-9)27(7)14-18-21-26(5,6)20(37-17(4)31)11-12-29(21,24(33)38-18)19(27)13-15(2)28(23,30)8/h13,18-21H,10-12,14H2,1-9H3/t18-,19-,20-,21?,27-,28-,29+,30+/m0/s1. The lowest BCUT2D eigenvalue weighted by molar-refractivity contribution is -0.217. The Hall–Kier alpha value is -2.64. The smallest absolute Gasteiger partial charge is 0.321 e. The second-order valence-corrected chi connectivity index (χ2v) is 13.0. The number of methoxy groups -OCH3 is 1. The number of hydrogen-bond donors (Lipinski definition) is 0. The molecule has 208 valence electrons.